The number of halogens is 1. The van der Waals surface area contributed by atoms with Gasteiger partial charge >= 0.3 is 0 Å². The van der Waals surface area contributed by atoms with E-state index < -0.39 is 0 Å². The van der Waals surface area contributed by atoms with Gasteiger partial charge in [0.25, 0.3) is 0 Å². The van der Waals surface area contributed by atoms with Crippen LogP contribution in [-0.4, -0.2) is 30.9 Å². The van der Waals surface area contributed by atoms with Crippen LogP contribution >= 0.6 is 15.9 Å². The molecule has 3 N–H and O–H groups in total. The van der Waals surface area contributed by atoms with Crippen LogP contribution in [0.5, 0.6) is 0 Å². The molecule has 0 aromatic heterocycles. The van der Waals surface area contributed by atoms with Gasteiger partial charge in [0.15, 0.2) is 0 Å². The Kier molecular flexibility index (Phi) is 5.97. The van der Waals surface area contributed by atoms with Crippen LogP contribution in [0.4, 0.5) is 5.69 Å². The fourth-order valence-electron chi connectivity index (χ4n) is 2.87. The summed E-state index contributed by atoms with van der Waals surface area (Å²) in [6, 6.07) is 7.18. The molecule has 1 aromatic carbocycles. The number of nitrogens with one attached hydrogen (secondary N) is 3. The zero-order chi connectivity index (χ0) is 16.1. The van der Waals surface area contributed by atoms with Crippen molar-refractivity contribution >= 4 is 33.4 Å². The van der Waals surface area contributed by atoms with Crippen molar-refractivity contribution in [2.75, 3.05) is 12.4 Å². The van der Waals surface area contributed by atoms with Crippen LogP contribution in [0, 0.1) is 5.92 Å². The minimum atomic E-state index is -0.353. The minimum Gasteiger partial charge on any atom is -0.359 e. The lowest BCUT2D eigenvalue weighted by Gasteiger charge is -2.23. The summed E-state index contributed by atoms with van der Waals surface area (Å²) in [5.41, 5.74) is 0.752. The maximum Gasteiger partial charge on any atom is 0.241 e. The van der Waals surface area contributed by atoms with Gasteiger partial charge in [-0.15, -0.1) is 0 Å². The summed E-state index contributed by atoms with van der Waals surface area (Å²) >= 11 is 3.38. The quantitative estimate of drug-likeness (QED) is 0.747. The zero-order valence-electron chi connectivity index (χ0n) is 12.9. The van der Waals surface area contributed by atoms with Crippen LogP contribution in [0.3, 0.4) is 0 Å². The lowest BCUT2D eigenvalue weighted by atomic mass is 10.0. The van der Waals surface area contributed by atoms with Gasteiger partial charge in [0.1, 0.15) is 0 Å². The fourth-order valence-corrected chi connectivity index (χ4v) is 3.27. The summed E-state index contributed by atoms with van der Waals surface area (Å²) in [4.78, 5) is 24.1. The van der Waals surface area contributed by atoms with Gasteiger partial charge in [0.2, 0.25) is 11.8 Å². The number of rotatable bonds is 5. The second kappa shape index (κ2) is 7.74. The molecule has 5 nitrogen and oxygen atoms in total. The molecular weight excluding hydrogens is 346 g/mol. The van der Waals surface area contributed by atoms with Crippen LogP contribution in [-0.2, 0) is 9.59 Å². The average Bonchev–Trinajstić information content (AvgIpc) is 2.94. The number of carbonyl (C=O) groups excluding carboxylic acids is 2. The van der Waals surface area contributed by atoms with E-state index in [4.69, 9.17) is 0 Å². The molecule has 22 heavy (non-hydrogen) atoms. The SMILES string of the molecule is CNC(=O)[C@@H]1CCC[C@H]1N[C@@H](C)C(=O)Nc1cccc(Br)c1. The van der Waals surface area contributed by atoms with Gasteiger partial charge in [-0.2, -0.15) is 0 Å². The first-order chi connectivity index (χ1) is 10.5. The van der Waals surface area contributed by atoms with Crippen molar-refractivity contribution in [3.8, 4) is 0 Å². The van der Waals surface area contributed by atoms with Crippen LogP contribution in [0.25, 0.3) is 0 Å². The predicted octanol–water partition coefficient (Wildman–Crippen LogP) is 2.28. The Hall–Kier alpha value is -1.40. The number of amides is 2. The largest absolute Gasteiger partial charge is 0.359 e. The Morgan fingerprint density at radius 2 is 2.09 bits per heavy atom. The molecule has 0 unspecified atom stereocenters. The van der Waals surface area contributed by atoms with Crippen molar-refractivity contribution < 1.29 is 9.59 Å². The summed E-state index contributed by atoms with van der Waals surface area (Å²) in [6.07, 6.45) is 2.81. The van der Waals surface area contributed by atoms with Crippen molar-refractivity contribution in [3.63, 3.8) is 0 Å². The Labute approximate surface area is 139 Å². The van der Waals surface area contributed by atoms with Gasteiger partial charge in [0.05, 0.1) is 12.0 Å². The molecule has 6 heteroatoms. The van der Waals surface area contributed by atoms with E-state index in [9.17, 15) is 9.59 Å². The van der Waals surface area contributed by atoms with E-state index in [-0.39, 0.29) is 29.8 Å². The minimum absolute atomic E-state index is 0.0499. The Bertz CT molecular complexity index is 550. The van der Waals surface area contributed by atoms with Crippen molar-refractivity contribution in [3.05, 3.63) is 28.7 Å². The highest BCUT2D eigenvalue weighted by atomic mass is 79.9. The van der Waals surface area contributed by atoms with Crippen molar-refractivity contribution in [1.29, 1.82) is 0 Å². The number of benzene rings is 1. The molecular formula is C16H22BrN3O2. The van der Waals surface area contributed by atoms with E-state index in [1.165, 1.54) is 0 Å². The second-order valence-electron chi connectivity index (χ2n) is 5.65. The van der Waals surface area contributed by atoms with E-state index in [2.05, 4.69) is 31.9 Å². The monoisotopic (exact) mass is 367 g/mol. The molecule has 1 fully saturated rings. The van der Waals surface area contributed by atoms with Crippen molar-refractivity contribution in [2.45, 2.75) is 38.3 Å². The Morgan fingerprint density at radius 3 is 2.77 bits per heavy atom. The van der Waals surface area contributed by atoms with Crippen molar-refractivity contribution in [1.82, 2.24) is 10.6 Å². The molecule has 1 aliphatic carbocycles. The highest BCUT2D eigenvalue weighted by molar-refractivity contribution is 9.10. The number of hydrogen-bond acceptors (Lipinski definition) is 3. The molecule has 0 bridgehead atoms. The number of anilines is 1. The van der Waals surface area contributed by atoms with E-state index >= 15 is 0 Å². The lowest BCUT2D eigenvalue weighted by molar-refractivity contribution is -0.125. The number of carbonyl (C=O) groups is 2. The van der Waals surface area contributed by atoms with Gasteiger partial charge in [-0.1, -0.05) is 28.4 Å². The summed E-state index contributed by atoms with van der Waals surface area (Å²) in [5.74, 6) is -0.0959. The number of hydrogen-bond donors (Lipinski definition) is 3. The maximum absolute atomic E-state index is 12.3. The molecule has 1 saturated carbocycles. The smallest absolute Gasteiger partial charge is 0.241 e. The third-order valence-electron chi connectivity index (χ3n) is 4.05. The van der Waals surface area contributed by atoms with E-state index in [0.717, 1.165) is 29.4 Å². The normalized spacial score (nSPS) is 22.1. The molecule has 120 valence electrons. The van der Waals surface area contributed by atoms with Crippen molar-refractivity contribution in [2.24, 2.45) is 5.92 Å². The lowest BCUT2D eigenvalue weighted by Crippen LogP contribution is -2.48. The molecule has 2 rings (SSSR count). The molecule has 0 heterocycles. The summed E-state index contributed by atoms with van der Waals surface area (Å²) < 4.78 is 0.918. The highest BCUT2D eigenvalue weighted by Gasteiger charge is 2.33. The third-order valence-corrected chi connectivity index (χ3v) is 4.54. The van der Waals surface area contributed by atoms with Crippen LogP contribution in [0.15, 0.2) is 28.7 Å². The molecule has 3 atom stereocenters. The summed E-state index contributed by atoms with van der Waals surface area (Å²) in [5, 5.41) is 8.88. The standard InChI is InChI=1S/C16H22BrN3O2/c1-10(15(21)20-12-6-3-5-11(17)9-12)19-14-8-4-7-13(14)16(22)18-2/h3,5-6,9-10,13-14,19H,4,7-8H2,1-2H3,(H,18,22)(H,20,21)/t10-,13+,14+/m0/s1. The topological polar surface area (TPSA) is 70.2 Å². The fraction of sp³-hybridized carbons (Fsp3) is 0.500. The average molecular weight is 368 g/mol. The zero-order valence-corrected chi connectivity index (χ0v) is 14.4. The predicted molar refractivity (Wildman–Crippen MR) is 90.6 cm³/mol. The van der Waals surface area contributed by atoms with Crippen LogP contribution in [0.2, 0.25) is 0 Å². The van der Waals surface area contributed by atoms with Gasteiger partial charge in [-0.25, -0.2) is 0 Å². The first-order valence-electron chi connectivity index (χ1n) is 7.55. The van der Waals surface area contributed by atoms with Gasteiger partial charge in [-0.3, -0.25) is 9.59 Å². The molecule has 0 saturated heterocycles. The first-order valence-corrected chi connectivity index (χ1v) is 8.34. The van der Waals surface area contributed by atoms with Crippen LogP contribution in [0.1, 0.15) is 26.2 Å². The highest BCUT2D eigenvalue weighted by Crippen LogP contribution is 2.26. The molecule has 2 amide bonds. The van der Waals surface area contributed by atoms with Gasteiger partial charge in [0, 0.05) is 23.2 Å². The van der Waals surface area contributed by atoms with E-state index in [1.54, 1.807) is 7.05 Å². The molecule has 0 aliphatic heterocycles. The van der Waals surface area contributed by atoms with Gasteiger partial charge in [-0.05, 0) is 38.0 Å². The molecule has 0 spiro atoms. The van der Waals surface area contributed by atoms with Gasteiger partial charge < -0.3 is 16.0 Å². The van der Waals surface area contributed by atoms with Crippen LogP contribution < -0.4 is 16.0 Å². The Balaban J connectivity index is 1.92. The van der Waals surface area contributed by atoms with E-state index in [0.29, 0.717) is 0 Å². The first kappa shape index (κ1) is 17.0. The molecule has 1 aliphatic rings. The second-order valence-corrected chi connectivity index (χ2v) is 6.56. The molecule has 0 radical (unpaired) electrons. The summed E-state index contributed by atoms with van der Waals surface area (Å²) in [7, 11) is 1.65. The Morgan fingerprint density at radius 1 is 1.32 bits per heavy atom. The summed E-state index contributed by atoms with van der Waals surface area (Å²) in [6.45, 7) is 1.83. The third kappa shape index (κ3) is 4.30. The van der Waals surface area contributed by atoms with E-state index in [1.807, 2.05) is 31.2 Å². The molecule has 1 aromatic rings. The maximum atomic E-state index is 12.3.